The predicted octanol–water partition coefficient (Wildman–Crippen LogP) is 9.45. The van der Waals surface area contributed by atoms with Crippen LogP contribution in [0.2, 0.25) is 5.02 Å². The fourth-order valence-electron chi connectivity index (χ4n) is 6.07. The number of halogens is 1. The number of nitrogens with one attached hydrogen (secondary N) is 1. The highest BCUT2D eigenvalue weighted by molar-refractivity contribution is 6.31. The summed E-state index contributed by atoms with van der Waals surface area (Å²) in [6.07, 6.45) is 2.21. The minimum absolute atomic E-state index is 0.0277. The summed E-state index contributed by atoms with van der Waals surface area (Å²) in [5.74, 6) is 0.816. The Morgan fingerprint density at radius 1 is 0.625 bits per heavy atom. The SMILES string of the molecule is CC1(C)c2ccccc2-c2ccc(-c3cccc(C4C=C(c5ccccc5)N=C(c5cccc(Cl)c5)N4)c3)cc21. The van der Waals surface area contributed by atoms with Crippen molar-refractivity contribution in [2.24, 2.45) is 4.99 Å². The number of hydrogen-bond acceptors (Lipinski definition) is 2. The smallest absolute Gasteiger partial charge is 0.134 e. The third kappa shape index (κ3) is 4.26. The molecule has 5 aromatic rings. The molecular formula is C37H29ClN2. The lowest BCUT2D eigenvalue weighted by Gasteiger charge is -2.25. The molecule has 2 nitrogen and oxygen atoms in total. The van der Waals surface area contributed by atoms with Crippen LogP contribution in [-0.2, 0) is 5.41 Å². The molecule has 1 N–H and O–H groups in total. The summed E-state index contributed by atoms with van der Waals surface area (Å²) in [7, 11) is 0. The van der Waals surface area contributed by atoms with Crippen molar-refractivity contribution in [2.75, 3.05) is 0 Å². The molecule has 2 aliphatic rings. The van der Waals surface area contributed by atoms with Crippen LogP contribution in [0, 0.1) is 0 Å². The molecule has 1 atom stereocenters. The van der Waals surface area contributed by atoms with Gasteiger partial charge in [-0.15, -0.1) is 0 Å². The lowest BCUT2D eigenvalue weighted by molar-refractivity contribution is 0.660. The summed E-state index contributed by atoms with van der Waals surface area (Å²) in [5, 5.41) is 4.37. The van der Waals surface area contributed by atoms with Crippen LogP contribution in [0.3, 0.4) is 0 Å². The van der Waals surface area contributed by atoms with E-state index in [9.17, 15) is 0 Å². The first-order valence-electron chi connectivity index (χ1n) is 13.7. The number of hydrogen-bond donors (Lipinski definition) is 1. The van der Waals surface area contributed by atoms with Gasteiger partial charge in [-0.05, 0) is 74.8 Å². The summed E-state index contributed by atoms with van der Waals surface area (Å²) in [6, 6.07) is 42.7. The maximum Gasteiger partial charge on any atom is 0.134 e. The van der Waals surface area contributed by atoms with Gasteiger partial charge < -0.3 is 5.32 Å². The number of nitrogens with zero attached hydrogens (tertiary/aromatic N) is 1. The quantitative estimate of drug-likeness (QED) is 0.243. The van der Waals surface area contributed by atoms with E-state index in [2.05, 4.69) is 116 Å². The van der Waals surface area contributed by atoms with Crippen molar-refractivity contribution in [2.45, 2.75) is 25.3 Å². The summed E-state index contributed by atoms with van der Waals surface area (Å²) in [6.45, 7) is 4.66. The van der Waals surface area contributed by atoms with Gasteiger partial charge in [-0.1, -0.05) is 123 Å². The summed E-state index contributed by atoms with van der Waals surface area (Å²) in [4.78, 5) is 5.00. The van der Waals surface area contributed by atoms with Gasteiger partial charge in [-0.3, -0.25) is 0 Å². The van der Waals surface area contributed by atoms with Gasteiger partial charge in [-0.2, -0.15) is 0 Å². The summed E-state index contributed by atoms with van der Waals surface area (Å²) in [5.41, 5.74) is 12.1. The number of aliphatic imine (C=N–C) groups is 1. The Morgan fingerprint density at radius 2 is 1.32 bits per heavy atom. The standard InChI is InChI=1S/C37H29ClN2/c1-37(2)32-17-7-6-16-30(32)31-19-18-26(22-33(31)37)25-12-8-13-27(20-25)35-23-34(24-10-4-3-5-11-24)39-36(40-35)28-14-9-15-29(38)21-28/h3-23,35H,1-2H3,(H,39,40). The average molecular weight is 537 g/mol. The van der Waals surface area contributed by atoms with Crippen molar-refractivity contribution in [1.82, 2.24) is 5.32 Å². The summed E-state index contributed by atoms with van der Waals surface area (Å²) < 4.78 is 0. The van der Waals surface area contributed by atoms with E-state index < -0.39 is 0 Å². The van der Waals surface area contributed by atoms with E-state index >= 15 is 0 Å². The number of rotatable bonds is 4. The predicted molar refractivity (Wildman–Crippen MR) is 168 cm³/mol. The first kappa shape index (κ1) is 24.6. The normalized spacial score (nSPS) is 16.8. The fraction of sp³-hybridized carbons (Fsp3) is 0.108. The molecule has 1 heterocycles. The highest BCUT2D eigenvalue weighted by atomic mass is 35.5. The van der Waals surface area contributed by atoms with Gasteiger partial charge in [-0.25, -0.2) is 4.99 Å². The van der Waals surface area contributed by atoms with Gasteiger partial charge in [0.05, 0.1) is 11.7 Å². The van der Waals surface area contributed by atoms with Gasteiger partial charge in [0.15, 0.2) is 0 Å². The van der Waals surface area contributed by atoms with Crippen LogP contribution in [0.15, 0.2) is 132 Å². The molecular weight excluding hydrogens is 508 g/mol. The van der Waals surface area contributed by atoms with E-state index in [0.717, 1.165) is 22.7 Å². The third-order valence-corrected chi connectivity index (χ3v) is 8.41. The van der Waals surface area contributed by atoms with E-state index in [1.807, 2.05) is 30.3 Å². The Hall–Kier alpha value is -4.40. The minimum Gasteiger partial charge on any atom is -0.359 e. The number of amidine groups is 1. The van der Waals surface area contributed by atoms with E-state index in [-0.39, 0.29) is 11.5 Å². The molecule has 0 bridgehead atoms. The fourth-order valence-corrected chi connectivity index (χ4v) is 6.26. The van der Waals surface area contributed by atoms with Crippen LogP contribution in [0.1, 0.15) is 47.7 Å². The van der Waals surface area contributed by atoms with Gasteiger partial charge in [0.2, 0.25) is 0 Å². The first-order chi connectivity index (χ1) is 19.5. The molecule has 0 radical (unpaired) electrons. The topological polar surface area (TPSA) is 24.4 Å². The largest absolute Gasteiger partial charge is 0.359 e. The van der Waals surface area contributed by atoms with Crippen molar-refractivity contribution >= 4 is 23.1 Å². The van der Waals surface area contributed by atoms with Crippen LogP contribution in [0.4, 0.5) is 0 Å². The van der Waals surface area contributed by atoms with Crippen molar-refractivity contribution in [3.8, 4) is 22.3 Å². The first-order valence-corrected chi connectivity index (χ1v) is 14.1. The molecule has 1 aliphatic heterocycles. The van der Waals surface area contributed by atoms with E-state index in [1.54, 1.807) is 0 Å². The molecule has 194 valence electrons. The Kier molecular flexibility index (Phi) is 5.95. The monoisotopic (exact) mass is 536 g/mol. The molecule has 5 aromatic carbocycles. The second-order valence-electron chi connectivity index (χ2n) is 11.1. The average Bonchev–Trinajstić information content (AvgIpc) is 3.23. The lowest BCUT2D eigenvalue weighted by Crippen LogP contribution is -2.31. The molecule has 0 amide bonds. The Morgan fingerprint density at radius 3 is 2.17 bits per heavy atom. The van der Waals surface area contributed by atoms with E-state index in [0.29, 0.717) is 5.02 Å². The molecule has 1 unspecified atom stereocenters. The second-order valence-corrected chi connectivity index (χ2v) is 11.5. The highest BCUT2D eigenvalue weighted by Gasteiger charge is 2.35. The van der Waals surface area contributed by atoms with Gasteiger partial charge in [0.1, 0.15) is 5.84 Å². The Labute approximate surface area is 240 Å². The maximum absolute atomic E-state index is 6.35. The molecule has 0 spiro atoms. The van der Waals surface area contributed by atoms with Crippen LogP contribution < -0.4 is 5.32 Å². The molecule has 0 saturated carbocycles. The van der Waals surface area contributed by atoms with Crippen LogP contribution in [-0.4, -0.2) is 5.84 Å². The zero-order chi connectivity index (χ0) is 27.3. The zero-order valence-corrected chi connectivity index (χ0v) is 23.3. The molecule has 0 saturated heterocycles. The number of fused-ring (bicyclic) bond motifs is 3. The Bertz CT molecular complexity index is 1810. The second kappa shape index (κ2) is 9.66. The van der Waals surface area contributed by atoms with E-state index in [1.165, 1.54) is 38.9 Å². The minimum atomic E-state index is -0.0447. The van der Waals surface area contributed by atoms with Gasteiger partial charge in [0.25, 0.3) is 0 Å². The molecule has 40 heavy (non-hydrogen) atoms. The Balaban J connectivity index is 1.28. The molecule has 0 fully saturated rings. The maximum atomic E-state index is 6.35. The van der Waals surface area contributed by atoms with Crippen LogP contribution >= 0.6 is 11.6 Å². The van der Waals surface area contributed by atoms with Crippen molar-refractivity contribution in [3.63, 3.8) is 0 Å². The van der Waals surface area contributed by atoms with Gasteiger partial charge >= 0.3 is 0 Å². The molecule has 7 rings (SSSR count). The van der Waals surface area contributed by atoms with E-state index in [4.69, 9.17) is 16.6 Å². The number of benzene rings is 5. The van der Waals surface area contributed by atoms with Crippen LogP contribution in [0.5, 0.6) is 0 Å². The van der Waals surface area contributed by atoms with Crippen molar-refractivity contribution in [1.29, 1.82) is 0 Å². The van der Waals surface area contributed by atoms with Crippen molar-refractivity contribution < 1.29 is 0 Å². The highest BCUT2D eigenvalue weighted by Crippen LogP contribution is 2.49. The van der Waals surface area contributed by atoms with Gasteiger partial charge in [0, 0.05) is 16.0 Å². The molecule has 1 aliphatic carbocycles. The molecule has 3 heteroatoms. The lowest BCUT2D eigenvalue weighted by atomic mass is 9.81. The third-order valence-electron chi connectivity index (χ3n) is 8.18. The van der Waals surface area contributed by atoms with Crippen molar-refractivity contribution in [3.05, 3.63) is 160 Å². The van der Waals surface area contributed by atoms with Crippen LogP contribution in [0.25, 0.3) is 28.0 Å². The molecule has 0 aromatic heterocycles. The summed E-state index contributed by atoms with van der Waals surface area (Å²) >= 11 is 6.35. The zero-order valence-electron chi connectivity index (χ0n) is 22.5.